The monoisotopic (exact) mass is 250 g/mol. The minimum absolute atomic E-state index is 0.0951. The Morgan fingerprint density at radius 3 is 2.89 bits per heavy atom. The lowest BCUT2D eigenvalue weighted by molar-refractivity contribution is -0.385. The lowest BCUT2D eigenvalue weighted by Crippen LogP contribution is -2.15. The fraction of sp³-hybridized carbons (Fsp3) is 0.750. The average molecular weight is 250 g/mol. The molecule has 0 N–H and O–H groups in total. The molecule has 1 aromatic heterocycles. The standard InChI is InChI=1S/C12H18N4O2/c1-14-11-5-3-2-4-9(6-12(11)14)15-8-10(7-13-15)16(17)18/h7-9,11-12H,2-6H2,1H3. The first-order chi connectivity index (χ1) is 8.66. The molecule has 1 aliphatic carbocycles. The van der Waals surface area contributed by atoms with Crippen LogP contribution >= 0.6 is 0 Å². The van der Waals surface area contributed by atoms with Crippen LogP contribution < -0.4 is 0 Å². The van der Waals surface area contributed by atoms with Crippen molar-refractivity contribution in [3.63, 3.8) is 0 Å². The number of nitrogens with zero attached hydrogens (tertiary/aromatic N) is 4. The molecular formula is C12H18N4O2. The number of likely N-dealkylation sites (N-methyl/N-ethyl adjacent to an activating group) is 1. The van der Waals surface area contributed by atoms with Gasteiger partial charge in [-0.25, -0.2) is 0 Å². The van der Waals surface area contributed by atoms with Gasteiger partial charge in [-0.15, -0.1) is 0 Å². The molecule has 2 fully saturated rings. The second kappa shape index (κ2) is 4.35. The van der Waals surface area contributed by atoms with E-state index in [0.29, 0.717) is 12.1 Å². The third-order valence-corrected chi connectivity index (χ3v) is 4.37. The number of hydrogen-bond donors (Lipinski definition) is 0. The van der Waals surface area contributed by atoms with E-state index in [1.54, 1.807) is 10.9 Å². The van der Waals surface area contributed by atoms with E-state index in [9.17, 15) is 10.1 Å². The molecule has 0 aromatic carbocycles. The van der Waals surface area contributed by atoms with E-state index in [1.807, 2.05) is 0 Å². The highest BCUT2D eigenvalue weighted by molar-refractivity contribution is 5.21. The van der Waals surface area contributed by atoms with E-state index >= 15 is 0 Å². The van der Waals surface area contributed by atoms with Crippen LogP contribution in [0.25, 0.3) is 0 Å². The Balaban J connectivity index is 1.75. The van der Waals surface area contributed by atoms with Gasteiger partial charge in [0, 0.05) is 12.1 Å². The van der Waals surface area contributed by atoms with Crippen molar-refractivity contribution in [1.29, 1.82) is 0 Å². The van der Waals surface area contributed by atoms with Crippen molar-refractivity contribution in [1.82, 2.24) is 14.7 Å². The third kappa shape index (κ3) is 2.01. The molecule has 4 unspecified atom stereocenters. The molecule has 6 nitrogen and oxygen atoms in total. The van der Waals surface area contributed by atoms with Gasteiger partial charge in [-0.3, -0.25) is 19.7 Å². The molecule has 1 saturated carbocycles. The first-order valence-electron chi connectivity index (χ1n) is 6.57. The van der Waals surface area contributed by atoms with Gasteiger partial charge in [0.15, 0.2) is 0 Å². The van der Waals surface area contributed by atoms with E-state index in [-0.39, 0.29) is 10.6 Å². The summed E-state index contributed by atoms with van der Waals surface area (Å²) in [6.45, 7) is 0. The molecule has 6 heteroatoms. The second-order valence-electron chi connectivity index (χ2n) is 5.41. The van der Waals surface area contributed by atoms with Gasteiger partial charge in [-0.05, 0) is 26.3 Å². The van der Waals surface area contributed by atoms with E-state index < -0.39 is 0 Å². The maximum absolute atomic E-state index is 10.7. The lowest BCUT2D eigenvalue weighted by atomic mass is 9.97. The molecule has 0 radical (unpaired) electrons. The number of fused-ring (bicyclic) bond motifs is 1. The van der Waals surface area contributed by atoms with Gasteiger partial charge in [0.2, 0.25) is 0 Å². The van der Waals surface area contributed by atoms with E-state index in [0.717, 1.165) is 18.9 Å². The van der Waals surface area contributed by atoms with Crippen molar-refractivity contribution in [3.05, 3.63) is 22.5 Å². The number of nitro groups is 1. The summed E-state index contributed by atoms with van der Waals surface area (Å²) in [5.41, 5.74) is 0.0951. The third-order valence-electron chi connectivity index (χ3n) is 4.37. The fourth-order valence-corrected chi connectivity index (χ4v) is 3.19. The van der Waals surface area contributed by atoms with Crippen LogP contribution in [-0.2, 0) is 0 Å². The molecule has 1 saturated heterocycles. The van der Waals surface area contributed by atoms with Crippen LogP contribution in [0.2, 0.25) is 0 Å². The average Bonchev–Trinajstić information content (AvgIpc) is 2.78. The summed E-state index contributed by atoms with van der Waals surface area (Å²) in [5.74, 6) is 0. The van der Waals surface area contributed by atoms with Gasteiger partial charge < -0.3 is 0 Å². The summed E-state index contributed by atoms with van der Waals surface area (Å²) in [4.78, 5) is 12.7. The molecule has 1 aromatic rings. The minimum atomic E-state index is -0.377. The van der Waals surface area contributed by atoms with Gasteiger partial charge in [-0.1, -0.05) is 12.8 Å². The van der Waals surface area contributed by atoms with Crippen LogP contribution in [0.4, 0.5) is 5.69 Å². The molecule has 2 heterocycles. The number of rotatable bonds is 2. The Hall–Kier alpha value is -1.43. The predicted molar refractivity (Wildman–Crippen MR) is 66.3 cm³/mol. The largest absolute Gasteiger partial charge is 0.307 e. The maximum Gasteiger partial charge on any atom is 0.307 e. The Labute approximate surface area is 106 Å². The highest BCUT2D eigenvalue weighted by atomic mass is 16.6. The van der Waals surface area contributed by atoms with E-state index in [4.69, 9.17) is 0 Å². The molecule has 3 rings (SSSR count). The summed E-state index contributed by atoms with van der Waals surface area (Å²) in [6, 6.07) is 1.70. The fourth-order valence-electron chi connectivity index (χ4n) is 3.19. The Morgan fingerprint density at radius 2 is 2.17 bits per heavy atom. The van der Waals surface area contributed by atoms with Crippen LogP contribution in [0.3, 0.4) is 0 Å². The zero-order valence-corrected chi connectivity index (χ0v) is 10.5. The van der Waals surface area contributed by atoms with E-state index in [1.165, 1.54) is 25.5 Å². The molecule has 4 atom stereocenters. The summed E-state index contributed by atoms with van der Waals surface area (Å²) in [7, 11) is 2.17. The quantitative estimate of drug-likeness (QED) is 0.457. The van der Waals surface area contributed by atoms with Gasteiger partial charge in [0.05, 0.1) is 11.0 Å². The molecule has 18 heavy (non-hydrogen) atoms. The summed E-state index contributed by atoms with van der Waals surface area (Å²) in [5, 5.41) is 14.9. The highest BCUT2D eigenvalue weighted by Crippen LogP contribution is 2.40. The van der Waals surface area contributed by atoms with Crippen LogP contribution in [-0.4, -0.2) is 38.7 Å². The SMILES string of the molecule is CN1C2CCCCC(n3cc([N+](=O)[O-])cn3)CC21. The molecular weight excluding hydrogens is 232 g/mol. The number of aromatic nitrogens is 2. The first kappa shape index (κ1) is 11.6. The molecule has 98 valence electrons. The molecule has 0 bridgehead atoms. The molecule has 2 aliphatic rings. The van der Waals surface area contributed by atoms with Crippen molar-refractivity contribution in [3.8, 4) is 0 Å². The summed E-state index contributed by atoms with van der Waals surface area (Å²) >= 11 is 0. The molecule has 0 spiro atoms. The van der Waals surface area contributed by atoms with Crippen molar-refractivity contribution in [2.45, 2.75) is 50.2 Å². The molecule has 0 amide bonds. The Kier molecular flexibility index (Phi) is 2.81. The smallest absolute Gasteiger partial charge is 0.297 e. The Bertz CT molecular complexity index is 459. The van der Waals surface area contributed by atoms with Crippen LogP contribution in [0.5, 0.6) is 0 Å². The predicted octanol–water partition coefficient (Wildman–Crippen LogP) is 1.98. The zero-order chi connectivity index (χ0) is 12.7. The maximum atomic E-state index is 10.7. The summed E-state index contributed by atoms with van der Waals surface area (Å²) in [6.07, 6.45) is 8.82. The van der Waals surface area contributed by atoms with Gasteiger partial charge in [0.25, 0.3) is 0 Å². The van der Waals surface area contributed by atoms with Crippen LogP contribution in [0.15, 0.2) is 12.4 Å². The highest BCUT2D eigenvalue weighted by Gasteiger charge is 2.45. The van der Waals surface area contributed by atoms with Crippen molar-refractivity contribution in [2.75, 3.05) is 7.05 Å². The van der Waals surface area contributed by atoms with E-state index in [2.05, 4.69) is 17.0 Å². The zero-order valence-electron chi connectivity index (χ0n) is 10.5. The van der Waals surface area contributed by atoms with Crippen molar-refractivity contribution >= 4 is 5.69 Å². The van der Waals surface area contributed by atoms with Crippen LogP contribution in [0.1, 0.15) is 38.1 Å². The second-order valence-corrected chi connectivity index (χ2v) is 5.41. The van der Waals surface area contributed by atoms with Gasteiger partial charge >= 0.3 is 5.69 Å². The van der Waals surface area contributed by atoms with Gasteiger partial charge in [0.1, 0.15) is 12.4 Å². The topological polar surface area (TPSA) is 64.0 Å². The first-order valence-corrected chi connectivity index (χ1v) is 6.57. The number of hydrogen-bond acceptors (Lipinski definition) is 4. The minimum Gasteiger partial charge on any atom is -0.297 e. The lowest BCUT2D eigenvalue weighted by Gasteiger charge is -2.18. The van der Waals surface area contributed by atoms with Gasteiger partial charge in [-0.2, -0.15) is 5.10 Å². The van der Waals surface area contributed by atoms with Crippen LogP contribution in [0, 0.1) is 10.1 Å². The Morgan fingerprint density at radius 1 is 1.39 bits per heavy atom. The van der Waals surface area contributed by atoms with Crippen molar-refractivity contribution < 1.29 is 4.92 Å². The molecule has 1 aliphatic heterocycles. The normalized spacial score (nSPS) is 35.4. The summed E-state index contributed by atoms with van der Waals surface area (Å²) < 4.78 is 1.80. The van der Waals surface area contributed by atoms with Crippen molar-refractivity contribution in [2.24, 2.45) is 0 Å².